The molecule has 0 aromatic heterocycles. The van der Waals surface area contributed by atoms with Crippen LogP contribution in [0, 0.1) is 5.41 Å². The fourth-order valence-corrected chi connectivity index (χ4v) is 4.55. The Labute approximate surface area is 125 Å². The molecule has 3 heteroatoms. The van der Waals surface area contributed by atoms with E-state index in [1.165, 1.54) is 64.5 Å². The van der Waals surface area contributed by atoms with E-state index in [1.54, 1.807) is 0 Å². The van der Waals surface area contributed by atoms with E-state index in [2.05, 4.69) is 43.6 Å². The van der Waals surface area contributed by atoms with Gasteiger partial charge in [0.05, 0.1) is 0 Å². The van der Waals surface area contributed by atoms with E-state index in [9.17, 15) is 0 Å². The van der Waals surface area contributed by atoms with Gasteiger partial charge >= 0.3 is 0 Å². The minimum Gasteiger partial charge on any atom is -0.304 e. The summed E-state index contributed by atoms with van der Waals surface area (Å²) in [5.74, 6) is 1.06. The summed E-state index contributed by atoms with van der Waals surface area (Å²) in [6.07, 6.45) is 11.2. The van der Waals surface area contributed by atoms with Crippen LogP contribution in [0.25, 0.3) is 0 Å². The summed E-state index contributed by atoms with van der Waals surface area (Å²) in [7, 11) is 6.83. The minimum absolute atomic E-state index is 0.460. The summed E-state index contributed by atoms with van der Waals surface area (Å²) in [4.78, 5) is 5.06. The van der Waals surface area contributed by atoms with Crippen molar-refractivity contribution in [1.29, 1.82) is 0 Å². The predicted molar refractivity (Wildman–Crippen MR) is 87.1 cm³/mol. The molecule has 112 valence electrons. The van der Waals surface area contributed by atoms with Gasteiger partial charge in [-0.05, 0) is 64.4 Å². The van der Waals surface area contributed by atoms with Crippen molar-refractivity contribution in [3.05, 3.63) is 0 Å². The second kappa shape index (κ2) is 6.36. The second-order valence-electron chi connectivity index (χ2n) is 7.36. The van der Waals surface area contributed by atoms with Crippen molar-refractivity contribution in [2.24, 2.45) is 5.41 Å². The summed E-state index contributed by atoms with van der Waals surface area (Å²) < 4.78 is 0. The molecule has 0 aliphatic heterocycles. The fraction of sp³-hybridized carbons (Fsp3) is 1.00. The Bertz CT molecular complexity index is 280. The molecule has 2 rings (SSSR count). The Morgan fingerprint density at radius 2 is 1.47 bits per heavy atom. The first-order valence-electron chi connectivity index (χ1n) is 7.99. The van der Waals surface area contributed by atoms with Crippen LogP contribution < -0.4 is 0 Å². The monoisotopic (exact) mass is 284 g/mol. The topological polar surface area (TPSA) is 6.48 Å². The molecule has 0 N–H and O–H groups in total. The number of rotatable bonds is 6. The maximum atomic E-state index is 4.68. The maximum absolute atomic E-state index is 4.68. The van der Waals surface area contributed by atoms with E-state index in [0.29, 0.717) is 11.0 Å². The summed E-state index contributed by atoms with van der Waals surface area (Å²) in [5, 5.41) is 0. The van der Waals surface area contributed by atoms with Crippen molar-refractivity contribution < 1.29 is 0 Å². The lowest BCUT2D eigenvalue weighted by Crippen LogP contribution is -2.57. The molecule has 0 amide bonds. The molecule has 0 unspecified atom stereocenters. The quantitative estimate of drug-likeness (QED) is 0.748. The molecule has 2 nitrogen and oxygen atoms in total. The zero-order valence-electron chi connectivity index (χ0n) is 13.1. The minimum atomic E-state index is 0.460. The van der Waals surface area contributed by atoms with E-state index < -0.39 is 0 Å². The molecule has 19 heavy (non-hydrogen) atoms. The Kier molecular flexibility index (Phi) is 5.24. The molecule has 0 radical (unpaired) electrons. The highest BCUT2D eigenvalue weighted by Crippen LogP contribution is 2.40. The van der Waals surface area contributed by atoms with E-state index in [-0.39, 0.29) is 0 Å². The highest BCUT2D eigenvalue weighted by molar-refractivity contribution is 7.80. The predicted octanol–water partition coefficient (Wildman–Crippen LogP) is 3.28. The average molecular weight is 285 g/mol. The van der Waals surface area contributed by atoms with Crippen molar-refractivity contribution in [3.8, 4) is 0 Å². The second-order valence-corrected chi connectivity index (χ2v) is 7.68. The van der Waals surface area contributed by atoms with Crippen molar-refractivity contribution in [1.82, 2.24) is 9.80 Å². The third-order valence-corrected chi connectivity index (χ3v) is 6.32. The van der Waals surface area contributed by atoms with Gasteiger partial charge in [0.1, 0.15) is 0 Å². The van der Waals surface area contributed by atoms with Crippen molar-refractivity contribution in [2.45, 2.75) is 56.9 Å². The van der Waals surface area contributed by atoms with Crippen LogP contribution in [0.15, 0.2) is 0 Å². The van der Waals surface area contributed by atoms with Crippen LogP contribution in [-0.2, 0) is 0 Å². The van der Waals surface area contributed by atoms with Gasteiger partial charge in [0, 0.05) is 18.6 Å². The first kappa shape index (κ1) is 15.7. The smallest absolute Gasteiger partial charge is 0.0330 e. The molecular weight excluding hydrogens is 252 g/mol. The number of hydrogen-bond donors (Lipinski definition) is 1. The molecular formula is C16H32N2S. The van der Waals surface area contributed by atoms with Gasteiger partial charge in [0.25, 0.3) is 0 Å². The van der Waals surface area contributed by atoms with E-state index >= 15 is 0 Å². The molecule has 0 atom stereocenters. The Morgan fingerprint density at radius 1 is 0.842 bits per heavy atom. The third kappa shape index (κ3) is 3.48. The normalized spacial score (nSPS) is 25.6. The Balaban J connectivity index is 1.90. The van der Waals surface area contributed by atoms with Gasteiger partial charge in [-0.25, -0.2) is 0 Å². The Morgan fingerprint density at radius 3 is 1.89 bits per heavy atom. The summed E-state index contributed by atoms with van der Waals surface area (Å²) in [6.45, 7) is 2.47. The first-order valence-corrected chi connectivity index (χ1v) is 8.62. The fourth-order valence-electron chi connectivity index (χ4n) is 4.13. The van der Waals surface area contributed by atoms with Crippen LogP contribution in [0.2, 0.25) is 0 Å². The van der Waals surface area contributed by atoms with Crippen LogP contribution >= 0.6 is 12.6 Å². The molecule has 0 spiro atoms. The molecule has 0 aromatic rings. The van der Waals surface area contributed by atoms with Crippen molar-refractivity contribution in [3.63, 3.8) is 0 Å². The van der Waals surface area contributed by atoms with Gasteiger partial charge in [0.2, 0.25) is 0 Å². The van der Waals surface area contributed by atoms with Gasteiger partial charge in [-0.2, -0.15) is 12.6 Å². The average Bonchev–Trinajstić information content (AvgIpc) is 2.34. The lowest BCUT2D eigenvalue weighted by atomic mass is 9.73. The van der Waals surface area contributed by atoms with Crippen LogP contribution in [0.3, 0.4) is 0 Å². The van der Waals surface area contributed by atoms with Crippen LogP contribution in [0.4, 0.5) is 0 Å². The van der Waals surface area contributed by atoms with Gasteiger partial charge in [-0.3, -0.25) is 0 Å². The Hall–Kier alpha value is 0.270. The highest BCUT2D eigenvalue weighted by Gasteiger charge is 2.41. The maximum Gasteiger partial charge on any atom is 0.0330 e. The zero-order chi connectivity index (χ0) is 13.9. The molecule has 2 fully saturated rings. The molecule has 0 saturated heterocycles. The standard InChI is InChI=1S/C16H32N2S/c1-17(2)16(10-7-11-16)13-18(3)12-15(14-19)8-5-4-6-9-15/h19H,4-14H2,1-3H3. The molecule has 0 aromatic carbocycles. The lowest BCUT2D eigenvalue weighted by Gasteiger charge is -2.50. The summed E-state index contributed by atoms with van der Waals surface area (Å²) in [6, 6.07) is 0. The third-order valence-electron chi connectivity index (χ3n) is 5.65. The molecule has 2 aliphatic rings. The number of nitrogens with zero attached hydrogens (tertiary/aromatic N) is 2. The molecule has 0 bridgehead atoms. The van der Waals surface area contributed by atoms with E-state index in [1.807, 2.05) is 0 Å². The van der Waals surface area contributed by atoms with E-state index in [0.717, 1.165) is 5.75 Å². The van der Waals surface area contributed by atoms with E-state index in [4.69, 9.17) is 0 Å². The lowest BCUT2D eigenvalue weighted by molar-refractivity contribution is 0.0137. The molecule has 2 saturated carbocycles. The number of likely N-dealkylation sites (N-methyl/N-ethyl adjacent to an activating group) is 2. The van der Waals surface area contributed by atoms with Crippen LogP contribution in [0.5, 0.6) is 0 Å². The van der Waals surface area contributed by atoms with Crippen LogP contribution in [0.1, 0.15) is 51.4 Å². The summed E-state index contributed by atoms with van der Waals surface area (Å²) >= 11 is 4.68. The van der Waals surface area contributed by atoms with Crippen LogP contribution in [-0.4, -0.2) is 55.3 Å². The van der Waals surface area contributed by atoms with Crippen molar-refractivity contribution in [2.75, 3.05) is 40.0 Å². The SMILES string of the molecule is CN(CC1(CS)CCCCC1)CC1(N(C)C)CCC1. The van der Waals surface area contributed by atoms with Gasteiger partial charge in [-0.1, -0.05) is 19.3 Å². The van der Waals surface area contributed by atoms with Gasteiger partial charge in [0.15, 0.2) is 0 Å². The summed E-state index contributed by atoms with van der Waals surface area (Å²) in [5.41, 5.74) is 0.953. The molecule has 0 heterocycles. The van der Waals surface area contributed by atoms with Crippen molar-refractivity contribution >= 4 is 12.6 Å². The van der Waals surface area contributed by atoms with Gasteiger partial charge in [-0.15, -0.1) is 0 Å². The number of thiol groups is 1. The molecule has 2 aliphatic carbocycles. The van der Waals surface area contributed by atoms with Gasteiger partial charge < -0.3 is 9.80 Å². The first-order chi connectivity index (χ1) is 9.02. The number of hydrogen-bond acceptors (Lipinski definition) is 3. The highest BCUT2D eigenvalue weighted by atomic mass is 32.1. The largest absolute Gasteiger partial charge is 0.304 e. The zero-order valence-corrected chi connectivity index (χ0v) is 14.0.